The number of fused-ring (bicyclic) bond motifs is 2. The van der Waals surface area contributed by atoms with Gasteiger partial charge in [0.2, 0.25) is 0 Å². The van der Waals surface area contributed by atoms with E-state index >= 15 is 0 Å². The van der Waals surface area contributed by atoms with E-state index in [-0.39, 0.29) is 12.5 Å². The minimum absolute atomic E-state index is 0.286. The first-order valence-electron chi connectivity index (χ1n) is 10.2. The SMILES string of the molecule is COC(=O)CN1C(=O)N(c2cncc3ccccc23)C(=O)C2SC(c3ccccc3Cl)=CC21. The number of esters is 1. The number of benzene rings is 2. The molecular weight excluding hydrogens is 462 g/mol. The molecule has 2 aliphatic heterocycles. The number of carbonyl (C=O) groups excluding carboxylic acids is 3. The van der Waals surface area contributed by atoms with Crippen molar-refractivity contribution in [1.82, 2.24) is 9.88 Å². The summed E-state index contributed by atoms with van der Waals surface area (Å²) >= 11 is 7.72. The molecule has 3 amide bonds. The molecular formula is C24H18ClN3O4S. The summed E-state index contributed by atoms with van der Waals surface area (Å²) in [4.78, 5) is 47.0. The average molecular weight is 480 g/mol. The molecule has 0 radical (unpaired) electrons. The maximum absolute atomic E-state index is 13.7. The third-order valence-corrected chi connectivity index (χ3v) is 7.38. The van der Waals surface area contributed by atoms with Gasteiger partial charge in [0.05, 0.1) is 25.0 Å². The minimum Gasteiger partial charge on any atom is -0.468 e. The lowest BCUT2D eigenvalue weighted by atomic mass is 10.0. The van der Waals surface area contributed by atoms with E-state index in [9.17, 15) is 14.4 Å². The molecule has 0 bridgehead atoms. The van der Waals surface area contributed by atoms with Crippen LogP contribution in [0.1, 0.15) is 5.56 Å². The van der Waals surface area contributed by atoms with Crippen LogP contribution in [-0.2, 0) is 14.3 Å². The zero-order valence-electron chi connectivity index (χ0n) is 17.5. The van der Waals surface area contributed by atoms with E-state index in [0.29, 0.717) is 16.1 Å². The van der Waals surface area contributed by atoms with Crippen LogP contribution in [0.25, 0.3) is 15.7 Å². The van der Waals surface area contributed by atoms with Crippen LogP contribution in [0.3, 0.4) is 0 Å². The molecule has 2 unspecified atom stereocenters. The molecule has 3 aromatic rings. The summed E-state index contributed by atoms with van der Waals surface area (Å²) in [6.45, 7) is -0.286. The number of hydrogen-bond donors (Lipinski definition) is 0. The van der Waals surface area contributed by atoms with Crippen LogP contribution < -0.4 is 4.90 Å². The number of carbonyl (C=O) groups is 3. The number of methoxy groups -OCH3 is 1. The molecule has 166 valence electrons. The van der Waals surface area contributed by atoms with E-state index in [4.69, 9.17) is 16.3 Å². The average Bonchev–Trinajstić information content (AvgIpc) is 3.27. The number of urea groups is 1. The number of amides is 3. The van der Waals surface area contributed by atoms with Gasteiger partial charge in [0, 0.05) is 32.5 Å². The van der Waals surface area contributed by atoms with E-state index in [2.05, 4.69) is 4.98 Å². The Bertz CT molecular complexity index is 1320. The molecule has 0 saturated carbocycles. The summed E-state index contributed by atoms with van der Waals surface area (Å²) in [6, 6.07) is 13.5. The number of thioether (sulfide) groups is 1. The lowest BCUT2D eigenvalue weighted by Crippen LogP contribution is -2.63. The van der Waals surface area contributed by atoms with Gasteiger partial charge in [-0.1, -0.05) is 54.1 Å². The number of nitrogens with zero attached hydrogens (tertiary/aromatic N) is 3. The van der Waals surface area contributed by atoms with E-state index in [1.54, 1.807) is 12.3 Å². The first-order chi connectivity index (χ1) is 16.0. The van der Waals surface area contributed by atoms with E-state index in [1.807, 2.05) is 48.5 Å². The minimum atomic E-state index is -0.641. The van der Waals surface area contributed by atoms with Crippen molar-refractivity contribution in [2.75, 3.05) is 18.6 Å². The molecule has 0 aliphatic carbocycles. The van der Waals surface area contributed by atoms with Crippen LogP contribution in [0.4, 0.5) is 10.5 Å². The van der Waals surface area contributed by atoms with Gasteiger partial charge in [0.1, 0.15) is 11.8 Å². The van der Waals surface area contributed by atoms with Crippen molar-refractivity contribution in [2.45, 2.75) is 11.3 Å². The number of hydrogen-bond acceptors (Lipinski definition) is 6. The second kappa shape index (κ2) is 8.53. The largest absolute Gasteiger partial charge is 0.468 e. The van der Waals surface area contributed by atoms with E-state index < -0.39 is 23.3 Å². The predicted octanol–water partition coefficient (Wildman–Crippen LogP) is 4.35. The topological polar surface area (TPSA) is 79.8 Å². The highest BCUT2D eigenvalue weighted by atomic mass is 35.5. The van der Waals surface area contributed by atoms with Crippen LogP contribution >= 0.6 is 23.4 Å². The summed E-state index contributed by atoms with van der Waals surface area (Å²) < 4.78 is 4.82. The van der Waals surface area contributed by atoms with Crippen molar-refractivity contribution in [1.29, 1.82) is 0 Å². The molecule has 2 aromatic carbocycles. The first-order valence-corrected chi connectivity index (χ1v) is 11.4. The molecule has 9 heteroatoms. The van der Waals surface area contributed by atoms with Crippen molar-refractivity contribution in [2.24, 2.45) is 0 Å². The fourth-order valence-corrected chi connectivity index (χ4v) is 5.77. The molecule has 1 saturated heterocycles. The monoisotopic (exact) mass is 479 g/mol. The van der Waals surface area contributed by atoms with Crippen LogP contribution in [0.5, 0.6) is 0 Å². The van der Waals surface area contributed by atoms with E-state index in [1.165, 1.54) is 30.0 Å². The maximum atomic E-state index is 13.7. The lowest BCUT2D eigenvalue weighted by Gasteiger charge is -2.40. The molecule has 0 spiro atoms. The molecule has 5 rings (SSSR count). The van der Waals surface area contributed by atoms with Gasteiger partial charge in [-0.15, -0.1) is 11.8 Å². The van der Waals surface area contributed by atoms with Crippen LogP contribution in [-0.4, -0.2) is 52.7 Å². The summed E-state index contributed by atoms with van der Waals surface area (Å²) in [6.07, 6.45) is 5.00. The van der Waals surface area contributed by atoms with Gasteiger partial charge in [0.25, 0.3) is 5.91 Å². The van der Waals surface area contributed by atoms with Crippen LogP contribution in [0.2, 0.25) is 5.02 Å². The van der Waals surface area contributed by atoms with E-state index in [0.717, 1.165) is 20.8 Å². The Hall–Kier alpha value is -3.36. The van der Waals surface area contributed by atoms with Gasteiger partial charge in [0.15, 0.2) is 0 Å². The van der Waals surface area contributed by atoms with Gasteiger partial charge in [-0.2, -0.15) is 0 Å². The Balaban J connectivity index is 1.60. The molecule has 2 aliphatic rings. The lowest BCUT2D eigenvalue weighted by molar-refractivity contribution is -0.142. The van der Waals surface area contributed by atoms with Gasteiger partial charge < -0.3 is 9.64 Å². The Labute approximate surface area is 199 Å². The fourth-order valence-electron chi connectivity index (χ4n) is 4.11. The number of aromatic nitrogens is 1. The zero-order chi connectivity index (χ0) is 23.1. The molecule has 33 heavy (non-hydrogen) atoms. The standard InChI is InChI=1S/C24H18ClN3O4S/c1-32-21(29)13-27-18-10-20(16-8-4-5-9-17(16)25)33-22(18)23(30)28(24(27)31)19-12-26-11-14-6-2-3-7-15(14)19/h2-12,18,22H,13H2,1H3. The van der Waals surface area contributed by atoms with Crippen molar-refractivity contribution < 1.29 is 19.1 Å². The molecule has 7 nitrogen and oxygen atoms in total. The van der Waals surface area contributed by atoms with Crippen molar-refractivity contribution in [3.05, 3.63) is 77.6 Å². The normalized spacial score (nSPS) is 20.1. The predicted molar refractivity (Wildman–Crippen MR) is 128 cm³/mol. The Morgan fingerprint density at radius 2 is 1.88 bits per heavy atom. The molecule has 0 N–H and O–H groups in total. The maximum Gasteiger partial charge on any atom is 0.332 e. The summed E-state index contributed by atoms with van der Waals surface area (Å²) in [5.74, 6) is -0.940. The van der Waals surface area contributed by atoms with Crippen LogP contribution in [0.15, 0.2) is 67.0 Å². The summed E-state index contributed by atoms with van der Waals surface area (Å²) in [5.41, 5.74) is 1.15. The number of halogens is 1. The van der Waals surface area contributed by atoms with Crippen molar-refractivity contribution >= 4 is 62.6 Å². The third kappa shape index (κ3) is 3.65. The molecule has 2 atom stereocenters. The molecule has 1 fully saturated rings. The fraction of sp³-hybridized carbons (Fsp3) is 0.167. The first kappa shape index (κ1) is 21.5. The van der Waals surface area contributed by atoms with Gasteiger partial charge >= 0.3 is 12.0 Å². The Morgan fingerprint density at radius 3 is 2.67 bits per heavy atom. The van der Waals surface area contributed by atoms with Crippen molar-refractivity contribution in [3.63, 3.8) is 0 Å². The number of pyridine rings is 1. The number of anilines is 1. The highest BCUT2D eigenvalue weighted by molar-refractivity contribution is 8.09. The summed E-state index contributed by atoms with van der Waals surface area (Å²) in [5, 5.41) is 1.42. The number of rotatable bonds is 4. The van der Waals surface area contributed by atoms with Gasteiger partial charge in [-0.05, 0) is 12.1 Å². The second-order valence-electron chi connectivity index (χ2n) is 7.58. The summed E-state index contributed by atoms with van der Waals surface area (Å²) in [7, 11) is 1.26. The quantitative estimate of drug-likeness (QED) is 0.517. The number of ether oxygens (including phenoxy) is 1. The van der Waals surface area contributed by atoms with Gasteiger partial charge in [-0.3, -0.25) is 14.6 Å². The highest BCUT2D eigenvalue weighted by Gasteiger charge is 2.50. The Kier molecular flexibility index (Phi) is 5.55. The molecule has 3 heterocycles. The smallest absolute Gasteiger partial charge is 0.332 e. The van der Waals surface area contributed by atoms with Gasteiger partial charge in [-0.25, -0.2) is 9.69 Å². The van der Waals surface area contributed by atoms with Crippen molar-refractivity contribution in [3.8, 4) is 0 Å². The third-order valence-electron chi connectivity index (χ3n) is 5.70. The molecule has 1 aromatic heterocycles. The Morgan fingerprint density at radius 1 is 1.12 bits per heavy atom. The highest BCUT2D eigenvalue weighted by Crippen LogP contribution is 2.46. The van der Waals surface area contributed by atoms with Crippen LogP contribution in [0, 0.1) is 0 Å². The second-order valence-corrected chi connectivity index (χ2v) is 9.17. The number of imide groups is 1. The zero-order valence-corrected chi connectivity index (χ0v) is 19.0.